The Kier molecular flexibility index (Phi) is 3.36. The van der Waals surface area contributed by atoms with Crippen molar-refractivity contribution < 1.29 is 0 Å². The molecule has 1 unspecified atom stereocenters. The van der Waals surface area contributed by atoms with Crippen molar-refractivity contribution in [3.05, 3.63) is 12.7 Å². The Morgan fingerprint density at radius 3 is 2.54 bits per heavy atom. The molecular formula is C9H17N3S. The summed E-state index contributed by atoms with van der Waals surface area (Å²) in [6.07, 6.45) is 3.32. The summed E-state index contributed by atoms with van der Waals surface area (Å²) in [5.41, 5.74) is 0.272. The van der Waals surface area contributed by atoms with Gasteiger partial charge in [-0.05, 0) is 17.1 Å². The molecule has 0 bridgehead atoms. The summed E-state index contributed by atoms with van der Waals surface area (Å²) in [6.45, 7) is 7.58. The second-order valence-electron chi connectivity index (χ2n) is 4.36. The average Bonchev–Trinajstić information content (AvgIpc) is 2.49. The molecule has 1 atom stereocenters. The second-order valence-corrected chi connectivity index (χ2v) is 4.73. The summed E-state index contributed by atoms with van der Waals surface area (Å²) in [5, 5.41) is 4.09. The van der Waals surface area contributed by atoms with Crippen LogP contribution < -0.4 is 0 Å². The first kappa shape index (κ1) is 10.6. The molecule has 0 amide bonds. The molecule has 0 aliphatic carbocycles. The number of hydrogen-bond donors (Lipinski definition) is 1. The summed E-state index contributed by atoms with van der Waals surface area (Å²) in [7, 11) is 0. The van der Waals surface area contributed by atoms with Gasteiger partial charge >= 0.3 is 0 Å². The van der Waals surface area contributed by atoms with E-state index in [0.29, 0.717) is 5.92 Å². The van der Waals surface area contributed by atoms with Crippen LogP contribution in [0.1, 0.15) is 20.8 Å². The van der Waals surface area contributed by atoms with Gasteiger partial charge in [-0.2, -0.15) is 17.7 Å². The van der Waals surface area contributed by atoms with Crippen LogP contribution in [0.25, 0.3) is 0 Å². The SMILES string of the molecule is CC(C)(C)C(CS)Cn1cncn1. The Morgan fingerprint density at radius 1 is 1.46 bits per heavy atom. The highest BCUT2D eigenvalue weighted by atomic mass is 32.1. The Bertz CT molecular complexity index is 238. The van der Waals surface area contributed by atoms with Crippen LogP contribution in [0.5, 0.6) is 0 Å². The molecule has 1 rings (SSSR count). The molecule has 1 heterocycles. The quantitative estimate of drug-likeness (QED) is 0.753. The van der Waals surface area contributed by atoms with Gasteiger partial charge in [-0.15, -0.1) is 0 Å². The highest BCUT2D eigenvalue weighted by molar-refractivity contribution is 7.80. The van der Waals surface area contributed by atoms with Gasteiger partial charge in [-0.3, -0.25) is 4.68 Å². The minimum absolute atomic E-state index is 0.272. The maximum absolute atomic E-state index is 4.36. The van der Waals surface area contributed by atoms with Crippen molar-refractivity contribution in [3.8, 4) is 0 Å². The van der Waals surface area contributed by atoms with Crippen LogP contribution in [0.4, 0.5) is 0 Å². The number of rotatable bonds is 3. The summed E-state index contributed by atoms with van der Waals surface area (Å²) in [4.78, 5) is 3.92. The standard InChI is InChI=1S/C9H17N3S/c1-9(2,3)8(5-13)4-12-7-10-6-11-12/h6-8,13H,4-5H2,1-3H3. The molecule has 0 radical (unpaired) electrons. The molecule has 74 valence electrons. The van der Waals surface area contributed by atoms with E-state index in [0.717, 1.165) is 12.3 Å². The molecule has 0 fully saturated rings. The lowest BCUT2D eigenvalue weighted by Crippen LogP contribution is -2.26. The van der Waals surface area contributed by atoms with E-state index in [1.54, 1.807) is 12.7 Å². The summed E-state index contributed by atoms with van der Waals surface area (Å²) in [5.74, 6) is 1.40. The van der Waals surface area contributed by atoms with Crippen molar-refractivity contribution in [1.82, 2.24) is 14.8 Å². The van der Waals surface area contributed by atoms with Gasteiger partial charge in [0.25, 0.3) is 0 Å². The fourth-order valence-electron chi connectivity index (χ4n) is 1.16. The number of aromatic nitrogens is 3. The predicted octanol–water partition coefficient (Wildman–Crippen LogP) is 1.87. The van der Waals surface area contributed by atoms with E-state index in [1.807, 2.05) is 4.68 Å². The molecule has 13 heavy (non-hydrogen) atoms. The minimum atomic E-state index is 0.272. The largest absolute Gasteiger partial charge is 0.253 e. The fourth-order valence-corrected chi connectivity index (χ4v) is 1.82. The van der Waals surface area contributed by atoms with Gasteiger partial charge in [0, 0.05) is 6.54 Å². The van der Waals surface area contributed by atoms with Crippen LogP contribution in [-0.2, 0) is 6.54 Å². The normalized spacial score (nSPS) is 14.5. The monoisotopic (exact) mass is 199 g/mol. The fraction of sp³-hybridized carbons (Fsp3) is 0.778. The van der Waals surface area contributed by atoms with Gasteiger partial charge in [-0.1, -0.05) is 20.8 Å². The zero-order chi connectivity index (χ0) is 9.90. The van der Waals surface area contributed by atoms with E-state index in [4.69, 9.17) is 0 Å². The molecule has 0 aliphatic heterocycles. The van der Waals surface area contributed by atoms with Gasteiger partial charge in [0.2, 0.25) is 0 Å². The lowest BCUT2D eigenvalue weighted by atomic mass is 9.82. The van der Waals surface area contributed by atoms with Crippen molar-refractivity contribution in [2.24, 2.45) is 11.3 Å². The van der Waals surface area contributed by atoms with Gasteiger partial charge in [0.05, 0.1) is 0 Å². The number of thiol groups is 1. The molecule has 0 spiro atoms. The van der Waals surface area contributed by atoms with E-state index in [9.17, 15) is 0 Å². The number of hydrogen-bond acceptors (Lipinski definition) is 3. The van der Waals surface area contributed by atoms with Gasteiger partial charge < -0.3 is 0 Å². The lowest BCUT2D eigenvalue weighted by molar-refractivity contribution is 0.231. The van der Waals surface area contributed by atoms with E-state index in [1.165, 1.54) is 0 Å². The topological polar surface area (TPSA) is 30.7 Å². The molecule has 0 aliphatic rings. The van der Waals surface area contributed by atoms with Gasteiger partial charge in [-0.25, -0.2) is 4.98 Å². The Hall–Kier alpha value is -0.510. The molecule has 0 saturated heterocycles. The first-order valence-electron chi connectivity index (χ1n) is 4.47. The van der Waals surface area contributed by atoms with Crippen molar-refractivity contribution in [2.75, 3.05) is 5.75 Å². The maximum atomic E-state index is 4.36. The molecule has 0 aromatic carbocycles. The Morgan fingerprint density at radius 2 is 2.15 bits per heavy atom. The van der Waals surface area contributed by atoms with Crippen LogP contribution in [-0.4, -0.2) is 20.5 Å². The van der Waals surface area contributed by atoms with Crippen molar-refractivity contribution in [1.29, 1.82) is 0 Å². The molecule has 3 nitrogen and oxygen atoms in total. The summed E-state index contributed by atoms with van der Waals surface area (Å²) in [6, 6.07) is 0. The summed E-state index contributed by atoms with van der Waals surface area (Å²) < 4.78 is 1.87. The third-order valence-electron chi connectivity index (χ3n) is 2.32. The van der Waals surface area contributed by atoms with Crippen molar-refractivity contribution in [3.63, 3.8) is 0 Å². The van der Waals surface area contributed by atoms with Gasteiger partial charge in [0.15, 0.2) is 0 Å². The Labute approximate surface area is 85.0 Å². The van der Waals surface area contributed by atoms with Crippen LogP contribution >= 0.6 is 12.6 Å². The zero-order valence-corrected chi connectivity index (χ0v) is 9.33. The van der Waals surface area contributed by atoms with E-state index in [-0.39, 0.29) is 5.41 Å². The molecule has 1 aromatic rings. The average molecular weight is 199 g/mol. The first-order chi connectivity index (χ1) is 6.04. The smallest absolute Gasteiger partial charge is 0.137 e. The van der Waals surface area contributed by atoms with Crippen LogP contribution in [0, 0.1) is 11.3 Å². The van der Waals surface area contributed by atoms with Crippen LogP contribution in [0.3, 0.4) is 0 Å². The first-order valence-corrected chi connectivity index (χ1v) is 5.10. The van der Waals surface area contributed by atoms with Crippen LogP contribution in [0.15, 0.2) is 12.7 Å². The van der Waals surface area contributed by atoms with E-state index in [2.05, 4.69) is 43.5 Å². The molecule has 0 N–H and O–H groups in total. The maximum Gasteiger partial charge on any atom is 0.137 e. The van der Waals surface area contributed by atoms with Crippen LogP contribution in [0.2, 0.25) is 0 Å². The van der Waals surface area contributed by atoms with E-state index < -0.39 is 0 Å². The number of nitrogens with zero attached hydrogens (tertiary/aromatic N) is 3. The van der Waals surface area contributed by atoms with E-state index >= 15 is 0 Å². The summed E-state index contributed by atoms with van der Waals surface area (Å²) >= 11 is 4.36. The third kappa shape index (κ3) is 3.03. The lowest BCUT2D eigenvalue weighted by Gasteiger charge is -2.29. The van der Waals surface area contributed by atoms with Crippen molar-refractivity contribution >= 4 is 12.6 Å². The Balaban J connectivity index is 2.60. The minimum Gasteiger partial charge on any atom is -0.253 e. The second kappa shape index (κ2) is 4.13. The van der Waals surface area contributed by atoms with Gasteiger partial charge in [0.1, 0.15) is 12.7 Å². The molecule has 4 heteroatoms. The molecule has 1 aromatic heterocycles. The third-order valence-corrected chi connectivity index (χ3v) is 2.76. The highest BCUT2D eigenvalue weighted by Gasteiger charge is 2.23. The highest BCUT2D eigenvalue weighted by Crippen LogP contribution is 2.27. The van der Waals surface area contributed by atoms with Crippen molar-refractivity contribution in [2.45, 2.75) is 27.3 Å². The molecule has 0 saturated carbocycles. The molecular weight excluding hydrogens is 182 g/mol. The predicted molar refractivity (Wildman–Crippen MR) is 56.8 cm³/mol. The zero-order valence-electron chi connectivity index (χ0n) is 8.44.